The maximum atomic E-state index is 13.2. The van der Waals surface area contributed by atoms with Gasteiger partial charge in [0, 0.05) is 50.5 Å². The van der Waals surface area contributed by atoms with E-state index < -0.39 is 10.0 Å². The molecule has 2 aromatic carbocycles. The van der Waals surface area contributed by atoms with Crippen LogP contribution >= 0.6 is 0 Å². The zero-order valence-electron chi connectivity index (χ0n) is 17.5. The fourth-order valence-electron chi connectivity index (χ4n) is 4.31. The molecule has 30 heavy (non-hydrogen) atoms. The monoisotopic (exact) mass is 427 g/mol. The van der Waals surface area contributed by atoms with E-state index in [1.165, 1.54) is 5.56 Å². The van der Waals surface area contributed by atoms with Crippen molar-refractivity contribution in [3.63, 3.8) is 0 Å². The molecular formula is C23H29N3O3S. The number of nitrogens with zero attached hydrogens (tertiary/aromatic N) is 3. The summed E-state index contributed by atoms with van der Waals surface area (Å²) in [5.41, 5.74) is 4.04. The number of rotatable bonds is 5. The minimum atomic E-state index is -3.12. The Kier molecular flexibility index (Phi) is 6.22. The second-order valence-electron chi connectivity index (χ2n) is 7.97. The Morgan fingerprint density at radius 2 is 1.73 bits per heavy atom. The average molecular weight is 428 g/mol. The van der Waals surface area contributed by atoms with Crippen LogP contribution in [-0.2, 0) is 23.0 Å². The molecule has 2 heterocycles. The predicted molar refractivity (Wildman–Crippen MR) is 119 cm³/mol. The summed E-state index contributed by atoms with van der Waals surface area (Å²) in [6, 6.07) is 16.0. The number of para-hydroxylation sites is 1. The van der Waals surface area contributed by atoms with Gasteiger partial charge in [-0.15, -0.1) is 0 Å². The van der Waals surface area contributed by atoms with Crippen molar-refractivity contribution in [2.45, 2.75) is 26.3 Å². The molecule has 160 valence electrons. The molecular weight excluding hydrogens is 398 g/mol. The molecule has 0 saturated carbocycles. The standard InChI is InChI=1S/C23H29N3O3S/c1-2-30(28,29)25-15-13-24(14-16-25)18-19-7-5-9-21(17-19)23(27)26-12-6-10-20-8-3-4-11-22(20)26/h3-5,7-9,11,17H,2,6,10,12-16,18H2,1H3. The van der Waals surface area contributed by atoms with E-state index in [9.17, 15) is 13.2 Å². The molecule has 0 unspecified atom stereocenters. The Hall–Kier alpha value is -2.22. The van der Waals surface area contributed by atoms with Gasteiger partial charge >= 0.3 is 0 Å². The largest absolute Gasteiger partial charge is 0.308 e. The van der Waals surface area contributed by atoms with Gasteiger partial charge in [0.1, 0.15) is 0 Å². The fourth-order valence-corrected chi connectivity index (χ4v) is 5.39. The third-order valence-corrected chi connectivity index (χ3v) is 7.91. The predicted octanol–water partition coefficient (Wildman–Crippen LogP) is 2.75. The number of hydrogen-bond donors (Lipinski definition) is 0. The van der Waals surface area contributed by atoms with Crippen molar-refractivity contribution in [1.29, 1.82) is 0 Å². The van der Waals surface area contributed by atoms with Gasteiger partial charge in [-0.25, -0.2) is 8.42 Å². The van der Waals surface area contributed by atoms with Gasteiger partial charge < -0.3 is 4.90 Å². The van der Waals surface area contributed by atoms with E-state index in [0.717, 1.165) is 37.2 Å². The Morgan fingerprint density at radius 1 is 0.967 bits per heavy atom. The molecule has 2 aliphatic heterocycles. The van der Waals surface area contributed by atoms with Gasteiger partial charge in [0.25, 0.3) is 5.91 Å². The Balaban J connectivity index is 1.43. The molecule has 2 aromatic rings. The Labute approximate surface area is 179 Å². The maximum absolute atomic E-state index is 13.2. The number of carbonyl (C=O) groups is 1. The number of aryl methyl sites for hydroxylation is 1. The highest BCUT2D eigenvalue weighted by Gasteiger charge is 2.26. The first-order valence-corrected chi connectivity index (χ1v) is 12.3. The van der Waals surface area contributed by atoms with Crippen molar-refractivity contribution in [3.05, 3.63) is 65.2 Å². The lowest BCUT2D eigenvalue weighted by Crippen LogP contribution is -2.48. The van der Waals surface area contributed by atoms with Gasteiger partial charge in [-0.2, -0.15) is 4.31 Å². The molecule has 2 aliphatic rings. The topological polar surface area (TPSA) is 60.9 Å². The summed E-state index contributed by atoms with van der Waals surface area (Å²) in [5.74, 6) is 0.194. The van der Waals surface area contributed by atoms with Crippen molar-refractivity contribution in [2.24, 2.45) is 0 Å². The summed E-state index contributed by atoms with van der Waals surface area (Å²) in [4.78, 5) is 17.4. The molecule has 0 spiro atoms. The van der Waals surface area contributed by atoms with E-state index in [0.29, 0.717) is 31.7 Å². The quantitative estimate of drug-likeness (QED) is 0.736. The molecule has 1 saturated heterocycles. The van der Waals surface area contributed by atoms with Gasteiger partial charge in [-0.1, -0.05) is 30.3 Å². The highest BCUT2D eigenvalue weighted by atomic mass is 32.2. The lowest BCUT2D eigenvalue weighted by atomic mass is 10.0. The normalized spacial score (nSPS) is 18.2. The van der Waals surface area contributed by atoms with Crippen LogP contribution in [0.1, 0.15) is 34.8 Å². The van der Waals surface area contributed by atoms with E-state index in [2.05, 4.69) is 11.0 Å². The molecule has 7 heteroatoms. The molecule has 0 bridgehead atoms. The van der Waals surface area contributed by atoms with Crippen LogP contribution in [0.3, 0.4) is 0 Å². The summed E-state index contributed by atoms with van der Waals surface area (Å²) in [5, 5.41) is 0. The highest BCUT2D eigenvalue weighted by molar-refractivity contribution is 7.89. The maximum Gasteiger partial charge on any atom is 0.258 e. The number of piperazine rings is 1. The third kappa shape index (κ3) is 4.43. The van der Waals surface area contributed by atoms with E-state index in [1.54, 1.807) is 11.2 Å². The van der Waals surface area contributed by atoms with Gasteiger partial charge in [-0.05, 0) is 49.1 Å². The number of hydrogen-bond acceptors (Lipinski definition) is 4. The number of sulfonamides is 1. The van der Waals surface area contributed by atoms with E-state index in [-0.39, 0.29) is 11.7 Å². The smallest absolute Gasteiger partial charge is 0.258 e. The molecule has 0 aliphatic carbocycles. The number of amides is 1. The van der Waals surface area contributed by atoms with Crippen LogP contribution in [0, 0.1) is 0 Å². The van der Waals surface area contributed by atoms with Gasteiger partial charge in [0.2, 0.25) is 10.0 Å². The van der Waals surface area contributed by atoms with Gasteiger partial charge in [-0.3, -0.25) is 9.69 Å². The molecule has 0 atom stereocenters. The number of fused-ring (bicyclic) bond motifs is 1. The van der Waals surface area contributed by atoms with E-state index in [1.807, 2.05) is 47.4 Å². The lowest BCUT2D eigenvalue weighted by Gasteiger charge is -2.34. The first-order chi connectivity index (χ1) is 14.5. The van der Waals surface area contributed by atoms with Crippen LogP contribution in [0.2, 0.25) is 0 Å². The summed E-state index contributed by atoms with van der Waals surface area (Å²) in [6.07, 6.45) is 1.99. The zero-order valence-corrected chi connectivity index (χ0v) is 18.3. The summed E-state index contributed by atoms with van der Waals surface area (Å²) in [6.45, 7) is 5.61. The first kappa shape index (κ1) is 21.0. The van der Waals surface area contributed by atoms with E-state index >= 15 is 0 Å². The van der Waals surface area contributed by atoms with Crippen molar-refractivity contribution >= 4 is 21.6 Å². The van der Waals surface area contributed by atoms with E-state index in [4.69, 9.17) is 0 Å². The van der Waals surface area contributed by atoms with Crippen LogP contribution in [0.15, 0.2) is 48.5 Å². The molecule has 0 radical (unpaired) electrons. The van der Waals surface area contributed by atoms with Crippen LogP contribution in [0.5, 0.6) is 0 Å². The second kappa shape index (κ2) is 8.88. The highest BCUT2D eigenvalue weighted by Crippen LogP contribution is 2.28. The number of anilines is 1. The molecule has 6 nitrogen and oxygen atoms in total. The van der Waals surface area contributed by atoms with Crippen molar-refractivity contribution in [1.82, 2.24) is 9.21 Å². The molecule has 0 N–H and O–H groups in total. The average Bonchev–Trinajstić information content (AvgIpc) is 2.79. The van der Waals surface area contributed by atoms with Crippen LogP contribution < -0.4 is 4.90 Å². The van der Waals surface area contributed by atoms with Crippen molar-refractivity contribution < 1.29 is 13.2 Å². The minimum absolute atomic E-state index is 0.0443. The summed E-state index contributed by atoms with van der Waals surface area (Å²) >= 11 is 0. The lowest BCUT2D eigenvalue weighted by molar-refractivity contribution is 0.0984. The molecule has 1 amide bonds. The summed E-state index contributed by atoms with van der Waals surface area (Å²) < 4.78 is 25.7. The van der Waals surface area contributed by atoms with Crippen LogP contribution in [0.25, 0.3) is 0 Å². The molecule has 1 fully saturated rings. The fraction of sp³-hybridized carbons (Fsp3) is 0.435. The zero-order chi connectivity index (χ0) is 21.1. The first-order valence-electron chi connectivity index (χ1n) is 10.7. The second-order valence-corrected chi connectivity index (χ2v) is 10.2. The summed E-state index contributed by atoms with van der Waals surface area (Å²) in [7, 11) is -3.12. The van der Waals surface area contributed by atoms with Crippen molar-refractivity contribution in [2.75, 3.05) is 43.4 Å². The van der Waals surface area contributed by atoms with Gasteiger partial charge in [0.15, 0.2) is 0 Å². The molecule has 4 rings (SSSR count). The van der Waals surface area contributed by atoms with Crippen LogP contribution in [-0.4, -0.2) is 62.0 Å². The SMILES string of the molecule is CCS(=O)(=O)N1CCN(Cc2cccc(C(=O)N3CCCc4ccccc43)c2)CC1. The number of carbonyl (C=O) groups excluding carboxylic acids is 1. The van der Waals surface area contributed by atoms with Gasteiger partial charge in [0.05, 0.1) is 5.75 Å². The molecule has 0 aromatic heterocycles. The minimum Gasteiger partial charge on any atom is -0.308 e. The Bertz CT molecular complexity index is 1010. The van der Waals surface area contributed by atoms with Crippen molar-refractivity contribution in [3.8, 4) is 0 Å². The Morgan fingerprint density at radius 3 is 2.50 bits per heavy atom. The van der Waals surface area contributed by atoms with Crippen LogP contribution in [0.4, 0.5) is 5.69 Å². The third-order valence-electron chi connectivity index (χ3n) is 6.02. The number of benzene rings is 2.